The van der Waals surface area contributed by atoms with E-state index in [-0.39, 0.29) is 5.91 Å². The number of rotatable bonds is 4. The van der Waals surface area contributed by atoms with Crippen molar-refractivity contribution < 1.29 is 4.79 Å². The van der Waals surface area contributed by atoms with Crippen LogP contribution < -0.4 is 5.32 Å². The quantitative estimate of drug-likeness (QED) is 0.535. The molecule has 0 saturated carbocycles. The summed E-state index contributed by atoms with van der Waals surface area (Å²) < 4.78 is 0. The van der Waals surface area contributed by atoms with E-state index < -0.39 is 0 Å². The second-order valence-corrected chi connectivity index (χ2v) is 5.70. The summed E-state index contributed by atoms with van der Waals surface area (Å²) in [5, 5.41) is 18.1. The van der Waals surface area contributed by atoms with Crippen molar-refractivity contribution in [1.82, 2.24) is 30.7 Å². The Kier molecular flexibility index (Phi) is 3.74. The summed E-state index contributed by atoms with van der Waals surface area (Å²) in [6.07, 6.45) is 1.69. The molecular weight excluding hydrogens is 316 g/mol. The first-order chi connectivity index (χ1) is 12.2. The normalized spacial score (nSPS) is 10.9. The number of nitrogens with one attached hydrogen (secondary N) is 3. The lowest BCUT2D eigenvalue weighted by atomic mass is 10.1. The molecule has 0 atom stereocenters. The van der Waals surface area contributed by atoms with Gasteiger partial charge in [-0.05, 0) is 19.1 Å². The van der Waals surface area contributed by atoms with Gasteiger partial charge in [-0.25, -0.2) is 4.98 Å². The Morgan fingerprint density at radius 3 is 2.76 bits per heavy atom. The number of hydrogen-bond acceptors (Lipinski definition) is 4. The molecule has 0 aliphatic carbocycles. The summed E-state index contributed by atoms with van der Waals surface area (Å²) in [5.41, 5.74) is 4.27. The maximum Gasteiger partial charge on any atom is 0.255 e. The summed E-state index contributed by atoms with van der Waals surface area (Å²) >= 11 is 0. The highest BCUT2D eigenvalue weighted by molar-refractivity contribution is 6.01. The van der Waals surface area contributed by atoms with Crippen LogP contribution in [-0.4, -0.2) is 31.3 Å². The molecule has 4 aromatic rings. The van der Waals surface area contributed by atoms with Gasteiger partial charge in [-0.2, -0.15) is 10.2 Å². The van der Waals surface area contributed by atoms with Crippen LogP contribution in [0.25, 0.3) is 22.3 Å². The molecular formula is C18H16N6O. The van der Waals surface area contributed by atoms with Crippen molar-refractivity contribution in [2.24, 2.45) is 0 Å². The summed E-state index contributed by atoms with van der Waals surface area (Å²) in [6.45, 7) is 2.17. The topological polar surface area (TPSA) is 99.3 Å². The molecule has 4 rings (SSSR count). The first-order valence-electron chi connectivity index (χ1n) is 7.90. The summed E-state index contributed by atoms with van der Waals surface area (Å²) in [6, 6.07) is 13.4. The number of amides is 1. The summed E-state index contributed by atoms with van der Waals surface area (Å²) in [7, 11) is 0. The fourth-order valence-electron chi connectivity index (χ4n) is 2.81. The van der Waals surface area contributed by atoms with Gasteiger partial charge in [-0.3, -0.25) is 15.0 Å². The van der Waals surface area contributed by atoms with Crippen LogP contribution in [0.4, 0.5) is 0 Å². The predicted octanol–water partition coefficient (Wildman–Crippen LogP) is 2.59. The lowest BCUT2D eigenvalue weighted by Gasteiger charge is -2.06. The molecule has 7 heteroatoms. The number of H-pyrrole nitrogens is 2. The van der Waals surface area contributed by atoms with Crippen molar-refractivity contribution in [2.75, 3.05) is 0 Å². The number of aromatic amines is 2. The largest absolute Gasteiger partial charge is 0.346 e. The third-order valence-corrected chi connectivity index (χ3v) is 4.06. The molecule has 3 heterocycles. The van der Waals surface area contributed by atoms with Gasteiger partial charge in [0.15, 0.2) is 5.65 Å². The van der Waals surface area contributed by atoms with E-state index in [2.05, 4.69) is 30.7 Å². The molecule has 1 aromatic carbocycles. The van der Waals surface area contributed by atoms with Crippen LogP contribution in [0.15, 0.2) is 48.7 Å². The number of pyridine rings is 1. The molecule has 3 N–H and O–H groups in total. The van der Waals surface area contributed by atoms with E-state index in [9.17, 15) is 4.79 Å². The fourth-order valence-corrected chi connectivity index (χ4v) is 2.81. The van der Waals surface area contributed by atoms with Gasteiger partial charge in [0.05, 0.1) is 17.8 Å². The van der Waals surface area contributed by atoms with E-state index in [1.54, 1.807) is 6.20 Å². The van der Waals surface area contributed by atoms with Crippen LogP contribution in [0.1, 0.15) is 21.7 Å². The minimum atomic E-state index is -0.184. The van der Waals surface area contributed by atoms with Gasteiger partial charge >= 0.3 is 0 Å². The minimum absolute atomic E-state index is 0.184. The lowest BCUT2D eigenvalue weighted by molar-refractivity contribution is 0.0950. The van der Waals surface area contributed by atoms with Crippen molar-refractivity contribution in [1.29, 1.82) is 0 Å². The zero-order valence-electron chi connectivity index (χ0n) is 13.6. The standard InChI is InChI=1S/C18H16N6O/c1-11-15(16(23-21-11)12-6-3-2-4-7-12)18(25)20-10-14-13-8-5-9-19-17(13)24-22-14/h2-9H,10H2,1H3,(H,20,25)(H,21,23)(H,19,22,24). The second-order valence-electron chi connectivity index (χ2n) is 5.70. The van der Waals surface area contributed by atoms with E-state index >= 15 is 0 Å². The number of carbonyl (C=O) groups is 1. The molecule has 25 heavy (non-hydrogen) atoms. The molecule has 0 saturated heterocycles. The van der Waals surface area contributed by atoms with Crippen molar-refractivity contribution in [3.05, 3.63) is 65.6 Å². The zero-order chi connectivity index (χ0) is 17.2. The van der Waals surface area contributed by atoms with Gasteiger partial charge in [-0.15, -0.1) is 0 Å². The van der Waals surface area contributed by atoms with E-state index in [0.29, 0.717) is 23.4 Å². The molecule has 0 fully saturated rings. The van der Waals surface area contributed by atoms with Crippen molar-refractivity contribution in [2.45, 2.75) is 13.5 Å². The Hall–Kier alpha value is -3.48. The average Bonchev–Trinajstić information content (AvgIpc) is 3.24. The van der Waals surface area contributed by atoms with Crippen LogP contribution in [0.3, 0.4) is 0 Å². The number of nitrogens with zero attached hydrogens (tertiary/aromatic N) is 3. The van der Waals surface area contributed by atoms with E-state index in [1.807, 2.05) is 49.4 Å². The Bertz CT molecular complexity index is 1030. The van der Waals surface area contributed by atoms with Crippen LogP contribution in [0.2, 0.25) is 0 Å². The number of aromatic nitrogens is 5. The van der Waals surface area contributed by atoms with Crippen molar-refractivity contribution in [3.8, 4) is 11.3 Å². The van der Waals surface area contributed by atoms with Crippen LogP contribution in [0.5, 0.6) is 0 Å². The van der Waals surface area contributed by atoms with Crippen molar-refractivity contribution in [3.63, 3.8) is 0 Å². The third kappa shape index (κ3) is 2.76. The Balaban J connectivity index is 1.59. The summed E-state index contributed by atoms with van der Waals surface area (Å²) in [5.74, 6) is -0.184. The Morgan fingerprint density at radius 2 is 1.92 bits per heavy atom. The van der Waals surface area contributed by atoms with Crippen LogP contribution in [0, 0.1) is 6.92 Å². The number of aryl methyl sites for hydroxylation is 1. The minimum Gasteiger partial charge on any atom is -0.346 e. The maximum atomic E-state index is 12.7. The second kappa shape index (κ2) is 6.20. The van der Waals surface area contributed by atoms with Crippen molar-refractivity contribution >= 4 is 16.9 Å². The van der Waals surface area contributed by atoms with Gasteiger partial charge in [-0.1, -0.05) is 30.3 Å². The number of benzene rings is 1. The molecule has 0 aliphatic heterocycles. The monoisotopic (exact) mass is 332 g/mol. The molecule has 0 spiro atoms. The molecule has 1 amide bonds. The number of hydrogen-bond donors (Lipinski definition) is 3. The van der Waals surface area contributed by atoms with E-state index in [1.165, 1.54) is 0 Å². The predicted molar refractivity (Wildman–Crippen MR) is 93.8 cm³/mol. The molecule has 3 aromatic heterocycles. The first-order valence-corrected chi connectivity index (χ1v) is 7.90. The van der Waals surface area contributed by atoms with E-state index in [0.717, 1.165) is 22.3 Å². The average molecular weight is 332 g/mol. The SMILES string of the molecule is Cc1[nH]nc(-c2ccccc2)c1C(=O)NCc1[nH]nc2ncccc12. The smallest absolute Gasteiger partial charge is 0.255 e. The van der Waals surface area contributed by atoms with Crippen LogP contribution in [-0.2, 0) is 6.54 Å². The van der Waals surface area contributed by atoms with Gasteiger partial charge < -0.3 is 5.32 Å². The molecule has 0 aliphatic rings. The molecule has 0 unspecified atom stereocenters. The van der Waals surface area contributed by atoms with E-state index in [4.69, 9.17) is 0 Å². The molecule has 0 bridgehead atoms. The van der Waals surface area contributed by atoms with Gasteiger partial charge in [0, 0.05) is 22.8 Å². The van der Waals surface area contributed by atoms with Gasteiger partial charge in [0.25, 0.3) is 5.91 Å². The highest BCUT2D eigenvalue weighted by atomic mass is 16.1. The molecule has 124 valence electrons. The highest BCUT2D eigenvalue weighted by Gasteiger charge is 2.19. The van der Waals surface area contributed by atoms with Gasteiger partial charge in [0.2, 0.25) is 0 Å². The highest BCUT2D eigenvalue weighted by Crippen LogP contribution is 2.23. The first kappa shape index (κ1) is 15.1. The Morgan fingerprint density at radius 1 is 1.08 bits per heavy atom. The maximum absolute atomic E-state index is 12.7. The number of fused-ring (bicyclic) bond motifs is 1. The zero-order valence-corrected chi connectivity index (χ0v) is 13.6. The fraction of sp³-hybridized carbons (Fsp3) is 0.111. The van der Waals surface area contributed by atoms with Crippen LogP contribution >= 0.6 is 0 Å². The summed E-state index contributed by atoms with van der Waals surface area (Å²) in [4.78, 5) is 16.9. The lowest BCUT2D eigenvalue weighted by Crippen LogP contribution is -2.24. The molecule has 7 nitrogen and oxygen atoms in total. The molecule has 0 radical (unpaired) electrons. The number of carbonyl (C=O) groups excluding carboxylic acids is 1. The van der Waals surface area contributed by atoms with Gasteiger partial charge in [0.1, 0.15) is 5.69 Å². The Labute approximate surface area is 143 Å². The third-order valence-electron chi connectivity index (χ3n) is 4.06.